The van der Waals surface area contributed by atoms with Crippen LogP contribution in [0.1, 0.15) is 0 Å². The van der Waals surface area contributed by atoms with Crippen molar-refractivity contribution < 1.29 is 0 Å². The van der Waals surface area contributed by atoms with Crippen LogP contribution in [0.25, 0.3) is 0 Å². The smallest absolute Gasteiger partial charge is 0.0785 e. The van der Waals surface area contributed by atoms with Crippen LogP contribution in [-0.4, -0.2) is 0 Å². The molecule has 0 heterocycles. The Morgan fingerprint density at radius 1 is 1.50 bits per heavy atom. The van der Waals surface area contributed by atoms with E-state index in [1.54, 1.807) is 12.1 Å². The number of halogens is 2. The highest BCUT2D eigenvalue weighted by atomic mass is 79.9. The molecule has 0 amide bonds. The van der Waals surface area contributed by atoms with Gasteiger partial charge in [0, 0.05) is 16.9 Å². The highest BCUT2D eigenvalue weighted by Gasteiger charge is 1.95. The lowest BCUT2D eigenvalue weighted by Crippen LogP contribution is -1.66. The standard InChI is InChI=1S/C6H3BrClNS/c7-5-2-1-4(9-10)3-6(5)8/h1-3H. The van der Waals surface area contributed by atoms with Gasteiger partial charge in [-0.25, -0.2) is 0 Å². The van der Waals surface area contributed by atoms with Gasteiger partial charge in [0.05, 0.1) is 10.7 Å². The first-order chi connectivity index (χ1) is 4.74. The SMILES string of the molecule is S=Nc1ccc(Br)c(Cl)c1. The number of hydrogen-bond donors (Lipinski definition) is 0. The maximum Gasteiger partial charge on any atom is 0.0785 e. The first-order valence-electron chi connectivity index (χ1n) is 2.52. The van der Waals surface area contributed by atoms with E-state index < -0.39 is 0 Å². The van der Waals surface area contributed by atoms with Crippen LogP contribution >= 0.6 is 27.5 Å². The second kappa shape index (κ2) is 3.42. The Morgan fingerprint density at radius 3 is 2.70 bits per heavy atom. The summed E-state index contributed by atoms with van der Waals surface area (Å²) in [5.41, 5.74) is 0.711. The molecule has 0 saturated heterocycles. The molecule has 0 atom stereocenters. The Kier molecular flexibility index (Phi) is 2.77. The van der Waals surface area contributed by atoms with Crippen molar-refractivity contribution in [1.29, 1.82) is 0 Å². The van der Waals surface area contributed by atoms with Crippen molar-refractivity contribution >= 4 is 45.6 Å². The van der Waals surface area contributed by atoms with E-state index in [1.807, 2.05) is 6.07 Å². The summed E-state index contributed by atoms with van der Waals surface area (Å²) in [6.45, 7) is 0. The van der Waals surface area contributed by atoms with E-state index in [0.717, 1.165) is 4.47 Å². The average molecular weight is 237 g/mol. The van der Waals surface area contributed by atoms with Gasteiger partial charge in [-0.15, -0.1) is 0 Å². The number of rotatable bonds is 1. The molecule has 0 spiro atoms. The largest absolute Gasteiger partial charge is 0.182 e. The third kappa shape index (κ3) is 1.75. The van der Waals surface area contributed by atoms with E-state index in [9.17, 15) is 0 Å². The van der Waals surface area contributed by atoms with Crippen LogP contribution in [0.3, 0.4) is 0 Å². The summed E-state index contributed by atoms with van der Waals surface area (Å²) >= 11 is 13.5. The molecule has 4 heteroatoms. The third-order valence-electron chi connectivity index (χ3n) is 1.01. The molecular formula is C6H3BrClNS. The van der Waals surface area contributed by atoms with E-state index in [0.29, 0.717) is 10.7 Å². The molecular weight excluding hydrogens is 233 g/mol. The lowest BCUT2D eigenvalue weighted by Gasteiger charge is -1.94. The molecule has 0 aromatic heterocycles. The van der Waals surface area contributed by atoms with E-state index in [4.69, 9.17) is 11.6 Å². The third-order valence-corrected chi connectivity index (χ3v) is 2.45. The minimum atomic E-state index is 0.631. The van der Waals surface area contributed by atoms with Crippen LogP contribution < -0.4 is 0 Å². The van der Waals surface area contributed by atoms with Crippen molar-refractivity contribution in [3.8, 4) is 0 Å². The van der Waals surface area contributed by atoms with Gasteiger partial charge in [0.2, 0.25) is 0 Å². The molecule has 0 aliphatic rings. The fourth-order valence-corrected chi connectivity index (χ4v) is 1.08. The molecule has 0 fully saturated rings. The molecule has 0 aliphatic heterocycles. The van der Waals surface area contributed by atoms with Crippen LogP contribution in [0, 0.1) is 0 Å². The molecule has 10 heavy (non-hydrogen) atoms. The molecule has 0 radical (unpaired) electrons. The van der Waals surface area contributed by atoms with Gasteiger partial charge in [0.25, 0.3) is 0 Å². The maximum absolute atomic E-state index is 5.74. The van der Waals surface area contributed by atoms with Gasteiger partial charge in [-0.1, -0.05) is 11.6 Å². The fourth-order valence-electron chi connectivity index (χ4n) is 0.542. The van der Waals surface area contributed by atoms with E-state index in [2.05, 4.69) is 32.7 Å². The van der Waals surface area contributed by atoms with Crippen LogP contribution in [0.5, 0.6) is 0 Å². The molecule has 1 aromatic carbocycles. The number of hydrogen-bond acceptors (Lipinski definition) is 2. The predicted octanol–water partition coefficient (Wildman–Crippen LogP) is 3.46. The van der Waals surface area contributed by atoms with Crippen LogP contribution in [0.2, 0.25) is 5.02 Å². The Labute approximate surface area is 77.7 Å². The highest BCUT2D eigenvalue weighted by molar-refractivity contribution is 9.10. The summed E-state index contributed by atoms with van der Waals surface area (Å²) in [4.78, 5) is 0. The van der Waals surface area contributed by atoms with Crippen molar-refractivity contribution in [2.45, 2.75) is 0 Å². The summed E-state index contributed by atoms with van der Waals surface area (Å²) in [5, 5.41) is 0.631. The minimum Gasteiger partial charge on any atom is -0.182 e. The van der Waals surface area contributed by atoms with Crippen LogP contribution in [-0.2, 0) is 12.4 Å². The normalized spacial score (nSPS) is 9.40. The molecule has 0 saturated carbocycles. The second-order valence-corrected chi connectivity index (χ2v) is 3.13. The maximum atomic E-state index is 5.74. The molecule has 0 bridgehead atoms. The Morgan fingerprint density at radius 2 is 2.20 bits per heavy atom. The zero-order valence-electron chi connectivity index (χ0n) is 4.84. The second-order valence-electron chi connectivity index (χ2n) is 1.69. The van der Waals surface area contributed by atoms with Crippen molar-refractivity contribution in [1.82, 2.24) is 0 Å². The molecule has 0 unspecified atom stereocenters. The Bertz CT molecular complexity index is 264. The topological polar surface area (TPSA) is 12.4 Å². The van der Waals surface area contributed by atoms with Crippen molar-refractivity contribution in [3.05, 3.63) is 27.7 Å². The Hall–Kier alpha value is 0.01000. The van der Waals surface area contributed by atoms with E-state index in [-0.39, 0.29) is 0 Å². The minimum absolute atomic E-state index is 0.631. The first kappa shape index (κ1) is 8.11. The van der Waals surface area contributed by atoms with Crippen LogP contribution in [0.4, 0.5) is 5.69 Å². The number of nitrogens with zero attached hydrogens (tertiary/aromatic N) is 1. The summed E-state index contributed by atoms with van der Waals surface area (Å²) < 4.78 is 4.41. The van der Waals surface area contributed by atoms with E-state index >= 15 is 0 Å². The van der Waals surface area contributed by atoms with Crippen molar-refractivity contribution in [3.63, 3.8) is 0 Å². The van der Waals surface area contributed by atoms with Gasteiger partial charge in [0.15, 0.2) is 0 Å². The first-order valence-corrected chi connectivity index (χ1v) is 4.06. The Balaban J connectivity index is 3.16. The highest BCUT2D eigenvalue weighted by Crippen LogP contribution is 2.26. The van der Waals surface area contributed by atoms with Gasteiger partial charge in [-0.3, -0.25) is 0 Å². The van der Waals surface area contributed by atoms with Gasteiger partial charge in [-0.2, -0.15) is 4.36 Å². The monoisotopic (exact) mass is 235 g/mol. The molecule has 52 valence electrons. The molecule has 0 aliphatic carbocycles. The van der Waals surface area contributed by atoms with Gasteiger partial charge in [-0.05, 0) is 34.1 Å². The fraction of sp³-hybridized carbons (Fsp3) is 0. The summed E-state index contributed by atoms with van der Waals surface area (Å²) in [6, 6.07) is 5.31. The average Bonchev–Trinajstić information content (AvgIpc) is 1.95. The molecule has 0 N–H and O–H groups in total. The zero-order chi connectivity index (χ0) is 7.56. The lowest BCUT2D eigenvalue weighted by molar-refractivity contribution is 1.55. The predicted molar refractivity (Wildman–Crippen MR) is 48.6 cm³/mol. The van der Waals surface area contributed by atoms with Crippen LogP contribution in [0.15, 0.2) is 27.0 Å². The number of benzene rings is 1. The summed E-state index contributed by atoms with van der Waals surface area (Å²) in [6.07, 6.45) is 0. The quantitative estimate of drug-likeness (QED) is 0.727. The van der Waals surface area contributed by atoms with Gasteiger partial charge < -0.3 is 0 Å². The molecule has 1 aromatic rings. The van der Waals surface area contributed by atoms with Crippen molar-refractivity contribution in [2.24, 2.45) is 4.36 Å². The lowest BCUT2D eigenvalue weighted by atomic mass is 10.3. The van der Waals surface area contributed by atoms with Crippen molar-refractivity contribution in [2.75, 3.05) is 0 Å². The molecule has 1 rings (SSSR count). The van der Waals surface area contributed by atoms with E-state index in [1.165, 1.54) is 0 Å². The van der Waals surface area contributed by atoms with Gasteiger partial charge >= 0.3 is 0 Å². The summed E-state index contributed by atoms with van der Waals surface area (Å²) in [7, 11) is 0. The summed E-state index contributed by atoms with van der Waals surface area (Å²) in [5.74, 6) is 0. The molecule has 1 nitrogen and oxygen atoms in total. The zero-order valence-corrected chi connectivity index (χ0v) is 8.00. The van der Waals surface area contributed by atoms with Gasteiger partial charge in [0.1, 0.15) is 0 Å².